The van der Waals surface area contributed by atoms with E-state index in [0.717, 1.165) is 10.2 Å². The highest BCUT2D eigenvalue weighted by atomic mass is 79.9. The highest BCUT2D eigenvalue weighted by molar-refractivity contribution is 9.10. The Labute approximate surface area is 90.5 Å². The van der Waals surface area contributed by atoms with E-state index in [4.69, 9.17) is 15.7 Å². The standard InChI is InChI=1S/C9H11BrN2O2/c1-2-14-8-4-3-6(5-7(8)10)9(11)12-13/h3-5,13H,2H2,1H3,(H2,11,12). The van der Waals surface area contributed by atoms with E-state index in [1.807, 2.05) is 6.92 Å². The number of halogens is 1. The molecular formula is C9H11BrN2O2. The third-order valence-electron chi connectivity index (χ3n) is 1.64. The fraction of sp³-hybridized carbons (Fsp3) is 0.222. The van der Waals surface area contributed by atoms with Crippen molar-refractivity contribution in [2.45, 2.75) is 6.92 Å². The summed E-state index contributed by atoms with van der Waals surface area (Å²) in [7, 11) is 0. The molecule has 0 aliphatic rings. The minimum atomic E-state index is 0.0775. The fourth-order valence-corrected chi connectivity index (χ4v) is 1.48. The number of rotatable bonds is 3. The van der Waals surface area contributed by atoms with Gasteiger partial charge in [0.05, 0.1) is 11.1 Å². The molecule has 14 heavy (non-hydrogen) atoms. The molecule has 0 bridgehead atoms. The third-order valence-corrected chi connectivity index (χ3v) is 2.25. The van der Waals surface area contributed by atoms with Crippen LogP contribution >= 0.6 is 15.9 Å². The molecule has 0 unspecified atom stereocenters. The molecule has 0 aliphatic heterocycles. The smallest absolute Gasteiger partial charge is 0.170 e. The van der Waals surface area contributed by atoms with E-state index in [-0.39, 0.29) is 5.84 Å². The average molecular weight is 259 g/mol. The first-order valence-corrected chi connectivity index (χ1v) is 4.88. The van der Waals surface area contributed by atoms with Crippen LogP contribution in [0.5, 0.6) is 5.75 Å². The Bertz CT molecular complexity index is 353. The van der Waals surface area contributed by atoms with Gasteiger partial charge in [-0.1, -0.05) is 5.16 Å². The van der Waals surface area contributed by atoms with E-state index in [1.165, 1.54) is 0 Å². The van der Waals surface area contributed by atoms with Gasteiger partial charge in [-0.15, -0.1) is 0 Å². The zero-order valence-corrected chi connectivity index (χ0v) is 9.28. The van der Waals surface area contributed by atoms with Crippen LogP contribution in [0.4, 0.5) is 0 Å². The molecule has 76 valence electrons. The lowest BCUT2D eigenvalue weighted by Gasteiger charge is -2.06. The molecule has 5 heteroatoms. The largest absolute Gasteiger partial charge is 0.493 e. The van der Waals surface area contributed by atoms with Gasteiger partial charge < -0.3 is 15.7 Å². The summed E-state index contributed by atoms with van der Waals surface area (Å²) in [4.78, 5) is 0. The summed E-state index contributed by atoms with van der Waals surface area (Å²) >= 11 is 3.33. The summed E-state index contributed by atoms with van der Waals surface area (Å²) in [6, 6.07) is 5.23. The van der Waals surface area contributed by atoms with E-state index in [2.05, 4.69) is 21.1 Å². The average Bonchev–Trinajstić information content (AvgIpc) is 2.20. The second kappa shape index (κ2) is 4.85. The van der Waals surface area contributed by atoms with Gasteiger partial charge in [-0.05, 0) is 41.1 Å². The predicted molar refractivity (Wildman–Crippen MR) is 57.8 cm³/mol. The summed E-state index contributed by atoms with van der Waals surface area (Å²) in [5.41, 5.74) is 6.07. The molecule has 4 nitrogen and oxygen atoms in total. The zero-order chi connectivity index (χ0) is 10.6. The number of nitrogens with two attached hydrogens (primary N) is 1. The topological polar surface area (TPSA) is 67.8 Å². The molecule has 0 radical (unpaired) electrons. The molecule has 0 heterocycles. The highest BCUT2D eigenvalue weighted by Crippen LogP contribution is 2.25. The Morgan fingerprint density at radius 3 is 2.86 bits per heavy atom. The maximum Gasteiger partial charge on any atom is 0.170 e. The summed E-state index contributed by atoms with van der Waals surface area (Å²) in [6.45, 7) is 2.51. The number of hydrogen-bond acceptors (Lipinski definition) is 3. The van der Waals surface area contributed by atoms with Gasteiger partial charge in [0, 0.05) is 5.56 Å². The van der Waals surface area contributed by atoms with Crippen LogP contribution < -0.4 is 10.5 Å². The Morgan fingerprint density at radius 2 is 2.36 bits per heavy atom. The number of hydrogen-bond donors (Lipinski definition) is 2. The summed E-state index contributed by atoms with van der Waals surface area (Å²) < 4.78 is 6.10. The SMILES string of the molecule is CCOc1ccc(C(N)=NO)cc1Br. The van der Waals surface area contributed by atoms with Crippen LogP contribution in [0, 0.1) is 0 Å². The molecule has 0 aromatic heterocycles. The monoisotopic (exact) mass is 258 g/mol. The van der Waals surface area contributed by atoms with Gasteiger partial charge in [0.25, 0.3) is 0 Å². The summed E-state index contributed by atoms with van der Waals surface area (Å²) in [5.74, 6) is 0.815. The molecule has 1 rings (SSSR count). The lowest BCUT2D eigenvalue weighted by molar-refractivity contribution is 0.318. The van der Waals surface area contributed by atoms with Crippen molar-refractivity contribution in [2.75, 3.05) is 6.61 Å². The number of nitrogens with zero attached hydrogens (tertiary/aromatic N) is 1. The van der Waals surface area contributed by atoms with Crippen LogP contribution in [-0.4, -0.2) is 17.6 Å². The van der Waals surface area contributed by atoms with Crippen LogP contribution in [0.2, 0.25) is 0 Å². The first-order chi connectivity index (χ1) is 6.69. The van der Waals surface area contributed by atoms with E-state index >= 15 is 0 Å². The first-order valence-electron chi connectivity index (χ1n) is 4.09. The first kappa shape index (κ1) is 10.8. The van der Waals surface area contributed by atoms with Crippen LogP contribution in [0.3, 0.4) is 0 Å². The maximum atomic E-state index is 8.47. The molecule has 3 N–H and O–H groups in total. The molecule has 1 aromatic carbocycles. The normalized spacial score (nSPS) is 11.4. The molecule has 0 fully saturated rings. The number of ether oxygens (including phenoxy) is 1. The minimum Gasteiger partial charge on any atom is -0.493 e. The molecule has 0 amide bonds. The van der Waals surface area contributed by atoms with Crippen molar-refractivity contribution in [1.82, 2.24) is 0 Å². The van der Waals surface area contributed by atoms with Gasteiger partial charge in [0.15, 0.2) is 5.84 Å². The van der Waals surface area contributed by atoms with Gasteiger partial charge in [-0.25, -0.2) is 0 Å². The number of oxime groups is 1. The Balaban J connectivity index is 3.00. The molecule has 0 saturated carbocycles. The predicted octanol–water partition coefficient (Wildman–Crippen LogP) is 1.94. The van der Waals surface area contributed by atoms with Crippen molar-refractivity contribution in [3.05, 3.63) is 28.2 Å². The van der Waals surface area contributed by atoms with Gasteiger partial charge in [0.2, 0.25) is 0 Å². The summed E-state index contributed by atoms with van der Waals surface area (Å²) in [5, 5.41) is 11.4. The quantitative estimate of drug-likeness (QED) is 0.377. The molecule has 0 spiro atoms. The van der Waals surface area contributed by atoms with Gasteiger partial charge in [0.1, 0.15) is 5.75 Å². The molecule has 1 aromatic rings. The van der Waals surface area contributed by atoms with Crippen LogP contribution in [0.1, 0.15) is 12.5 Å². The second-order valence-electron chi connectivity index (χ2n) is 2.56. The lowest BCUT2D eigenvalue weighted by atomic mass is 10.2. The number of benzene rings is 1. The maximum absolute atomic E-state index is 8.47. The minimum absolute atomic E-state index is 0.0775. The molecular weight excluding hydrogens is 248 g/mol. The highest BCUT2D eigenvalue weighted by Gasteiger charge is 2.04. The van der Waals surface area contributed by atoms with Crippen LogP contribution in [0.25, 0.3) is 0 Å². The van der Waals surface area contributed by atoms with Crippen molar-refractivity contribution in [2.24, 2.45) is 10.9 Å². The van der Waals surface area contributed by atoms with E-state index < -0.39 is 0 Å². The van der Waals surface area contributed by atoms with E-state index in [1.54, 1.807) is 18.2 Å². The van der Waals surface area contributed by atoms with Crippen molar-refractivity contribution >= 4 is 21.8 Å². The molecule has 0 atom stereocenters. The third kappa shape index (κ3) is 2.38. The zero-order valence-electron chi connectivity index (χ0n) is 7.70. The van der Waals surface area contributed by atoms with Crippen molar-refractivity contribution in [3.8, 4) is 5.75 Å². The van der Waals surface area contributed by atoms with Crippen LogP contribution in [-0.2, 0) is 0 Å². The van der Waals surface area contributed by atoms with Gasteiger partial charge in [-0.2, -0.15) is 0 Å². The number of amidine groups is 1. The molecule has 0 saturated heterocycles. The van der Waals surface area contributed by atoms with Crippen LogP contribution in [0.15, 0.2) is 27.8 Å². The van der Waals surface area contributed by atoms with Crippen molar-refractivity contribution in [3.63, 3.8) is 0 Å². The second-order valence-corrected chi connectivity index (χ2v) is 3.42. The van der Waals surface area contributed by atoms with Crippen molar-refractivity contribution in [1.29, 1.82) is 0 Å². The Morgan fingerprint density at radius 1 is 1.64 bits per heavy atom. The Hall–Kier alpha value is -1.23. The summed E-state index contributed by atoms with van der Waals surface area (Å²) in [6.07, 6.45) is 0. The Kier molecular flexibility index (Phi) is 3.76. The van der Waals surface area contributed by atoms with Gasteiger partial charge in [-0.3, -0.25) is 0 Å². The van der Waals surface area contributed by atoms with Crippen molar-refractivity contribution < 1.29 is 9.94 Å². The molecule has 0 aliphatic carbocycles. The lowest BCUT2D eigenvalue weighted by Crippen LogP contribution is -2.12. The van der Waals surface area contributed by atoms with E-state index in [9.17, 15) is 0 Å². The van der Waals surface area contributed by atoms with Gasteiger partial charge >= 0.3 is 0 Å². The van der Waals surface area contributed by atoms with E-state index in [0.29, 0.717) is 12.2 Å². The fourth-order valence-electron chi connectivity index (χ4n) is 0.990.